The van der Waals surface area contributed by atoms with Gasteiger partial charge in [0.05, 0.1) is 18.9 Å². The molecule has 0 aliphatic carbocycles. The molecule has 0 spiro atoms. The van der Waals surface area contributed by atoms with E-state index in [1.807, 2.05) is 37.3 Å². The van der Waals surface area contributed by atoms with Gasteiger partial charge in [-0.1, -0.05) is 30.3 Å². The van der Waals surface area contributed by atoms with Gasteiger partial charge in [-0.3, -0.25) is 4.57 Å². The lowest BCUT2D eigenvalue weighted by Crippen LogP contribution is -2.17. The molecule has 4 heteroatoms. The highest BCUT2D eigenvalue weighted by molar-refractivity contribution is 7.53. The second-order valence-electron chi connectivity index (χ2n) is 3.79. The molecule has 82 valence electrons. The minimum atomic E-state index is -2.89. The molecule has 0 radical (unpaired) electrons. The van der Waals surface area contributed by atoms with Crippen molar-refractivity contribution in [3.05, 3.63) is 35.9 Å². The second-order valence-corrected chi connectivity index (χ2v) is 5.80. The minimum absolute atomic E-state index is 0.0355. The fourth-order valence-corrected chi connectivity index (χ4v) is 3.53. The van der Waals surface area contributed by atoms with Crippen molar-refractivity contribution in [2.24, 2.45) is 0 Å². The summed E-state index contributed by atoms with van der Waals surface area (Å²) in [7, 11) is -2.89. The number of rotatable bonds is 2. The van der Waals surface area contributed by atoms with E-state index in [0.29, 0.717) is 12.8 Å². The molecule has 0 aromatic heterocycles. The van der Waals surface area contributed by atoms with Crippen molar-refractivity contribution in [2.45, 2.75) is 25.6 Å². The van der Waals surface area contributed by atoms with E-state index in [4.69, 9.17) is 9.05 Å². The Labute approximate surface area is 89.9 Å². The first kappa shape index (κ1) is 10.9. The van der Waals surface area contributed by atoms with Crippen LogP contribution in [-0.2, 0) is 19.8 Å². The molecule has 1 saturated heterocycles. The van der Waals surface area contributed by atoms with Gasteiger partial charge < -0.3 is 9.05 Å². The van der Waals surface area contributed by atoms with E-state index in [1.54, 1.807) is 0 Å². The molecule has 0 bridgehead atoms. The molecule has 1 heterocycles. The Morgan fingerprint density at radius 2 is 2.13 bits per heavy atom. The van der Waals surface area contributed by atoms with Crippen LogP contribution in [-0.4, -0.2) is 12.7 Å². The third-order valence-electron chi connectivity index (χ3n) is 2.37. The molecular weight excluding hydrogens is 211 g/mol. The molecule has 0 N–H and O–H groups in total. The van der Waals surface area contributed by atoms with Crippen LogP contribution in [0.4, 0.5) is 0 Å². The Morgan fingerprint density at radius 3 is 2.80 bits per heavy atom. The first-order valence-electron chi connectivity index (χ1n) is 5.14. The maximum absolute atomic E-state index is 12.2. The molecular formula is C11H15O3P. The SMILES string of the molecule is C[C@H]1CCO[P@@](=O)(Cc2ccccc2)O1. The van der Waals surface area contributed by atoms with Gasteiger partial charge in [-0.2, -0.15) is 0 Å². The predicted molar refractivity (Wildman–Crippen MR) is 58.9 cm³/mol. The highest BCUT2D eigenvalue weighted by Crippen LogP contribution is 2.54. The van der Waals surface area contributed by atoms with Crippen molar-refractivity contribution in [1.82, 2.24) is 0 Å². The Kier molecular flexibility index (Phi) is 3.25. The predicted octanol–water partition coefficient (Wildman–Crippen LogP) is 3.21. The van der Waals surface area contributed by atoms with Gasteiger partial charge in [-0.05, 0) is 18.9 Å². The fourth-order valence-electron chi connectivity index (χ4n) is 1.60. The summed E-state index contributed by atoms with van der Waals surface area (Å²) in [6.07, 6.45) is 1.23. The lowest BCUT2D eigenvalue weighted by atomic mass is 10.2. The zero-order valence-corrected chi connectivity index (χ0v) is 9.65. The Balaban J connectivity index is 2.07. The maximum atomic E-state index is 12.2. The van der Waals surface area contributed by atoms with E-state index in [-0.39, 0.29) is 6.10 Å². The van der Waals surface area contributed by atoms with Crippen molar-refractivity contribution in [3.8, 4) is 0 Å². The van der Waals surface area contributed by atoms with E-state index >= 15 is 0 Å². The Morgan fingerprint density at radius 1 is 1.40 bits per heavy atom. The van der Waals surface area contributed by atoms with Crippen molar-refractivity contribution < 1.29 is 13.6 Å². The van der Waals surface area contributed by atoms with Gasteiger partial charge in [-0.25, -0.2) is 0 Å². The Bertz CT molecular complexity index is 363. The van der Waals surface area contributed by atoms with Gasteiger partial charge in [-0.15, -0.1) is 0 Å². The molecule has 0 saturated carbocycles. The summed E-state index contributed by atoms with van der Waals surface area (Å²) >= 11 is 0. The quantitative estimate of drug-likeness (QED) is 0.726. The minimum Gasteiger partial charge on any atom is -0.308 e. The van der Waals surface area contributed by atoms with Crippen LogP contribution < -0.4 is 0 Å². The highest BCUT2D eigenvalue weighted by atomic mass is 31.2. The standard InChI is InChI=1S/C11H15O3P/c1-10-7-8-13-15(12,14-10)9-11-5-3-2-4-6-11/h2-6,10H,7-9H2,1H3/t10-,15-/m0/s1. The van der Waals surface area contributed by atoms with Crippen LogP contribution >= 0.6 is 7.60 Å². The molecule has 2 atom stereocenters. The summed E-state index contributed by atoms with van der Waals surface area (Å²) in [6, 6.07) is 9.66. The average Bonchev–Trinajstić information content (AvgIpc) is 2.18. The molecule has 2 rings (SSSR count). The summed E-state index contributed by atoms with van der Waals surface area (Å²) < 4.78 is 22.9. The molecule has 15 heavy (non-hydrogen) atoms. The van der Waals surface area contributed by atoms with Crippen LogP contribution in [0.1, 0.15) is 18.9 Å². The van der Waals surface area contributed by atoms with E-state index in [2.05, 4.69) is 0 Å². The third kappa shape index (κ3) is 2.91. The lowest BCUT2D eigenvalue weighted by molar-refractivity contribution is 0.0917. The van der Waals surface area contributed by atoms with Crippen LogP contribution in [0.3, 0.4) is 0 Å². The largest absolute Gasteiger partial charge is 0.335 e. The van der Waals surface area contributed by atoms with Crippen LogP contribution in [0.25, 0.3) is 0 Å². The van der Waals surface area contributed by atoms with E-state index in [1.165, 1.54) is 0 Å². The summed E-state index contributed by atoms with van der Waals surface area (Å²) in [5, 5.41) is 0. The summed E-state index contributed by atoms with van der Waals surface area (Å²) in [5.74, 6) is 0. The van der Waals surface area contributed by atoms with Gasteiger partial charge >= 0.3 is 7.60 Å². The highest BCUT2D eigenvalue weighted by Gasteiger charge is 2.31. The van der Waals surface area contributed by atoms with Crippen LogP contribution in [0, 0.1) is 0 Å². The normalized spacial score (nSPS) is 31.4. The van der Waals surface area contributed by atoms with Gasteiger partial charge in [0.2, 0.25) is 0 Å². The van der Waals surface area contributed by atoms with Gasteiger partial charge in [0, 0.05) is 0 Å². The number of benzene rings is 1. The maximum Gasteiger partial charge on any atom is 0.335 e. The molecule has 0 amide bonds. The van der Waals surface area contributed by atoms with E-state index < -0.39 is 7.60 Å². The molecule has 0 unspecified atom stereocenters. The van der Waals surface area contributed by atoms with Crippen molar-refractivity contribution in [1.29, 1.82) is 0 Å². The molecule has 3 nitrogen and oxygen atoms in total. The van der Waals surface area contributed by atoms with Crippen LogP contribution in [0.2, 0.25) is 0 Å². The smallest absolute Gasteiger partial charge is 0.308 e. The zero-order chi connectivity index (χ0) is 10.7. The second kappa shape index (κ2) is 4.48. The third-order valence-corrected chi connectivity index (χ3v) is 4.38. The molecule has 1 aromatic carbocycles. The van der Waals surface area contributed by atoms with Gasteiger partial charge in [0.15, 0.2) is 0 Å². The molecule has 1 aliphatic heterocycles. The lowest BCUT2D eigenvalue weighted by Gasteiger charge is -2.27. The van der Waals surface area contributed by atoms with E-state index in [0.717, 1.165) is 12.0 Å². The molecule has 1 fully saturated rings. The topological polar surface area (TPSA) is 35.5 Å². The monoisotopic (exact) mass is 226 g/mol. The summed E-state index contributed by atoms with van der Waals surface area (Å²) in [6.45, 7) is 2.46. The summed E-state index contributed by atoms with van der Waals surface area (Å²) in [5.41, 5.74) is 0.995. The number of hydrogen-bond donors (Lipinski definition) is 0. The van der Waals surface area contributed by atoms with E-state index in [9.17, 15) is 4.57 Å². The number of hydrogen-bond acceptors (Lipinski definition) is 3. The van der Waals surface area contributed by atoms with Crippen LogP contribution in [0.5, 0.6) is 0 Å². The molecule has 1 aromatic rings. The molecule has 1 aliphatic rings. The average molecular weight is 226 g/mol. The summed E-state index contributed by atoms with van der Waals surface area (Å²) in [4.78, 5) is 0. The first-order chi connectivity index (χ1) is 7.18. The Hall–Kier alpha value is -0.630. The van der Waals surface area contributed by atoms with Crippen molar-refractivity contribution in [2.75, 3.05) is 6.61 Å². The zero-order valence-electron chi connectivity index (χ0n) is 8.76. The van der Waals surface area contributed by atoms with Crippen molar-refractivity contribution >= 4 is 7.60 Å². The fraction of sp³-hybridized carbons (Fsp3) is 0.455. The van der Waals surface area contributed by atoms with Crippen molar-refractivity contribution in [3.63, 3.8) is 0 Å². The van der Waals surface area contributed by atoms with Crippen LogP contribution in [0.15, 0.2) is 30.3 Å². The van der Waals surface area contributed by atoms with Gasteiger partial charge in [0.25, 0.3) is 0 Å². The first-order valence-corrected chi connectivity index (χ1v) is 6.87. The van der Waals surface area contributed by atoms with Gasteiger partial charge in [0.1, 0.15) is 0 Å².